The predicted molar refractivity (Wildman–Crippen MR) is 78.8 cm³/mol. The molecule has 19 heavy (non-hydrogen) atoms. The fourth-order valence-electron chi connectivity index (χ4n) is 2.71. The Morgan fingerprint density at radius 1 is 1.37 bits per heavy atom. The SMILES string of the molecule is CC1CC1CNC(CN)c1cncc2ccccc12. The lowest BCUT2D eigenvalue weighted by Crippen LogP contribution is -2.30. The van der Waals surface area contributed by atoms with Crippen LogP contribution in [0.15, 0.2) is 36.7 Å². The van der Waals surface area contributed by atoms with Gasteiger partial charge in [0, 0.05) is 30.4 Å². The molecule has 3 unspecified atom stereocenters. The molecule has 0 spiro atoms. The molecule has 1 aliphatic rings. The molecule has 1 aromatic heterocycles. The van der Waals surface area contributed by atoms with E-state index >= 15 is 0 Å². The maximum atomic E-state index is 5.95. The van der Waals surface area contributed by atoms with Crippen LogP contribution in [0.1, 0.15) is 24.9 Å². The van der Waals surface area contributed by atoms with Crippen molar-refractivity contribution in [1.29, 1.82) is 0 Å². The molecule has 1 aliphatic carbocycles. The number of benzene rings is 1. The quantitative estimate of drug-likeness (QED) is 0.863. The molecule has 1 saturated carbocycles. The average molecular weight is 255 g/mol. The summed E-state index contributed by atoms with van der Waals surface area (Å²) in [6.07, 6.45) is 5.21. The molecule has 0 amide bonds. The van der Waals surface area contributed by atoms with Crippen molar-refractivity contribution < 1.29 is 0 Å². The number of nitrogens with two attached hydrogens (primary N) is 1. The highest BCUT2D eigenvalue weighted by molar-refractivity contribution is 5.85. The van der Waals surface area contributed by atoms with Crippen molar-refractivity contribution in [2.45, 2.75) is 19.4 Å². The molecule has 1 fully saturated rings. The minimum absolute atomic E-state index is 0.200. The molecule has 3 rings (SSSR count). The van der Waals surface area contributed by atoms with Gasteiger partial charge in [0.25, 0.3) is 0 Å². The zero-order valence-corrected chi connectivity index (χ0v) is 11.3. The third-order valence-electron chi connectivity index (χ3n) is 4.21. The first kappa shape index (κ1) is 12.6. The van der Waals surface area contributed by atoms with Crippen LogP contribution < -0.4 is 11.1 Å². The van der Waals surface area contributed by atoms with E-state index in [2.05, 4.69) is 35.4 Å². The van der Waals surface area contributed by atoms with Crippen molar-refractivity contribution in [2.75, 3.05) is 13.1 Å². The van der Waals surface area contributed by atoms with Crippen LogP contribution in [0.5, 0.6) is 0 Å². The van der Waals surface area contributed by atoms with Crippen molar-refractivity contribution in [3.63, 3.8) is 0 Å². The Hall–Kier alpha value is -1.45. The number of fused-ring (bicyclic) bond motifs is 1. The number of nitrogens with zero attached hydrogens (tertiary/aromatic N) is 1. The molecule has 3 atom stereocenters. The van der Waals surface area contributed by atoms with Gasteiger partial charge >= 0.3 is 0 Å². The monoisotopic (exact) mass is 255 g/mol. The average Bonchev–Trinajstić information content (AvgIpc) is 3.15. The summed E-state index contributed by atoms with van der Waals surface area (Å²) >= 11 is 0. The lowest BCUT2D eigenvalue weighted by Gasteiger charge is -2.18. The Bertz CT molecular complexity index is 561. The summed E-state index contributed by atoms with van der Waals surface area (Å²) in [7, 11) is 0. The van der Waals surface area contributed by atoms with Crippen molar-refractivity contribution in [1.82, 2.24) is 10.3 Å². The summed E-state index contributed by atoms with van der Waals surface area (Å²) < 4.78 is 0. The molecular weight excluding hydrogens is 234 g/mol. The third-order valence-corrected chi connectivity index (χ3v) is 4.21. The summed E-state index contributed by atoms with van der Waals surface area (Å²) in [5.74, 6) is 1.70. The van der Waals surface area contributed by atoms with Gasteiger partial charge in [-0.15, -0.1) is 0 Å². The Labute approximate surface area is 114 Å². The molecular formula is C16H21N3. The zero-order chi connectivity index (χ0) is 13.2. The lowest BCUT2D eigenvalue weighted by molar-refractivity contribution is 0.513. The number of pyridine rings is 1. The van der Waals surface area contributed by atoms with Gasteiger partial charge < -0.3 is 11.1 Å². The van der Waals surface area contributed by atoms with Gasteiger partial charge in [-0.25, -0.2) is 0 Å². The third kappa shape index (κ3) is 2.62. The normalized spacial score (nSPS) is 23.5. The van der Waals surface area contributed by atoms with Crippen molar-refractivity contribution in [2.24, 2.45) is 17.6 Å². The summed E-state index contributed by atoms with van der Waals surface area (Å²) in [4.78, 5) is 4.34. The van der Waals surface area contributed by atoms with Crippen LogP contribution in [-0.2, 0) is 0 Å². The Kier molecular flexibility index (Phi) is 3.49. The number of rotatable bonds is 5. The van der Waals surface area contributed by atoms with Gasteiger partial charge in [0.1, 0.15) is 0 Å². The van der Waals surface area contributed by atoms with Gasteiger partial charge in [-0.05, 0) is 35.8 Å². The van der Waals surface area contributed by atoms with Gasteiger partial charge in [-0.2, -0.15) is 0 Å². The lowest BCUT2D eigenvalue weighted by atomic mass is 10.0. The molecule has 0 bridgehead atoms. The van der Waals surface area contributed by atoms with Crippen LogP contribution >= 0.6 is 0 Å². The number of aromatic nitrogens is 1. The van der Waals surface area contributed by atoms with E-state index in [4.69, 9.17) is 5.73 Å². The van der Waals surface area contributed by atoms with E-state index in [1.54, 1.807) is 0 Å². The van der Waals surface area contributed by atoms with E-state index in [1.807, 2.05) is 18.5 Å². The van der Waals surface area contributed by atoms with E-state index in [-0.39, 0.29) is 6.04 Å². The summed E-state index contributed by atoms with van der Waals surface area (Å²) in [6.45, 7) is 3.98. The standard InChI is InChI=1S/C16H21N3/c1-11-6-13(11)9-19-16(7-17)15-10-18-8-12-4-2-3-5-14(12)15/h2-5,8,10-11,13,16,19H,6-7,9,17H2,1H3. The number of nitrogens with one attached hydrogen (secondary N) is 1. The van der Waals surface area contributed by atoms with Crippen molar-refractivity contribution >= 4 is 10.8 Å². The first-order valence-electron chi connectivity index (χ1n) is 7.05. The maximum absolute atomic E-state index is 5.95. The fourth-order valence-corrected chi connectivity index (χ4v) is 2.71. The molecule has 3 heteroatoms. The van der Waals surface area contributed by atoms with E-state index < -0.39 is 0 Å². The molecule has 100 valence electrons. The number of hydrogen-bond acceptors (Lipinski definition) is 3. The maximum Gasteiger partial charge on any atom is 0.0466 e. The van der Waals surface area contributed by atoms with Crippen molar-refractivity contribution in [3.05, 3.63) is 42.2 Å². The van der Waals surface area contributed by atoms with Crippen LogP contribution in [0, 0.1) is 11.8 Å². The van der Waals surface area contributed by atoms with Gasteiger partial charge in [0.2, 0.25) is 0 Å². The molecule has 0 radical (unpaired) electrons. The van der Waals surface area contributed by atoms with E-state index in [1.165, 1.54) is 22.8 Å². The van der Waals surface area contributed by atoms with Gasteiger partial charge in [0.15, 0.2) is 0 Å². The minimum atomic E-state index is 0.200. The van der Waals surface area contributed by atoms with E-state index in [9.17, 15) is 0 Å². The van der Waals surface area contributed by atoms with Crippen LogP contribution in [-0.4, -0.2) is 18.1 Å². The zero-order valence-electron chi connectivity index (χ0n) is 11.3. The van der Waals surface area contributed by atoms with Crippen molar-refractivity contribution in [3.8, 4) is 0 Å². The van der Waals surface area contributed by atoms with Crippen LogP contribution in [0.3, 0.4) is 0 Å². The van der Waals surface area contributed by atoms with Gasteiger partial charge in [-0.1, -0.05) is 31.2 Å². The van der Waals surface area contributed by atoms with E-state index in [0.29, 0.717) is 6.54 Å². The molecule has 0 saturated heterocycles. The Balaban J connectivity index is 1.83. The second-order valence-corrected chi connectivity index (χ2v) is 5.62. The molecule has 3 N–H and O–H groups in total. The summed E-state index contributed by atoms with van der Waals surface area (Å²) in [5.41, 5.74) is 7.16. The highest BCUT2D eigenvalue weighted by Crippen LogP contribution is 2.37. The van der Waals surface area contributed by atoms with Crippen LogP contribution in [0.4, 0.5) is 0 Å². The van der Waals surface area contributed by atoms with Crippen LogP contribution in [0.2, 0.25) is 0 Å². The molecule has 2 aromatic rings. The van der Waals surface area contributed by atoms with Gasteiger partial charge in [-0.3, -0.25) is 4.98 Å². The minimum Gasteiger partial charge on any atom is -0.329 e. The molecule has 0 aliphatic heterocycles. The summed E-state index contributed by atoms with van der Waals surface area (Å²) in [6, 6.07) is 8.57. The summed E-state index contributed by atoms with van der Waals surface area (Å²) in [5, 5.41) is 6.04. The number of hydrogen-bond donors (Lipinski definition) is 2. The predicted octanol–water partition coefficient (Wildman–Crippen LogP) is 2.48. The molecule has 1 aromatic carbocycles. The van der Waals surface area contributed by atoms with Crippen LogP contribution in [0.25, 0.3) is 10.8 Å². The second-order valence-electron chi connectivity index (χ2n) is 5.62. The second kappa shape index (κ2) is 5.27. The first-order chi connectivity index (χ1) is 9.29. The van der Waals surface area contributed by atoms with Gasteiger partial charge in [0.05, 0.1) is 0 Å². The first-order valence-corrected chi connectivity index (χ1v) is 7.05. The molecule has 3 nitrogen and oxygen atoms in total. The molecule has 1 heterocycles. The fraction of sp³-hybridized carbons (Fsp3) is 0.438. The van der Waals surface area contributed by atoms with E-state index in [0.717, 1.165) is 18.4 Å². The largest absolute Gasteiger partial charge is 0.329 e. The topological polar surface area (TPSA) is 50.9 Å². The Morgan fingerprint density at radius 3 is 2.89 bits per heavy atom. The highest BCUT2D eigenvalue weighted by Gasteiger charge is 2.32. The highest BCUT2D eigenvalue weighted by atomic mass is 14.9. The Morgan fingerprint density at radius 2 is 2.16 bits per heavy atom. The smallest absolute Gasteiger partial charge is 0.0466 e.